The lowest BCUT2D eigenvalue weighted by Gasteiger charge is -1.92. The highest BCUT2D eigenvalue weighted by molar-refractivity contribution is 5.66. The average molecular weight is 174 g/mol. The van der Waals surface area contributed by atoms with Crippen LogP contribution < -0.4 is 0 Å². The van der Waals surface area contributed by atoms with E-state index in [0.717, 1.165) is 11.8 Å². The molecule has 0 saturated heterocycles. The van der Waals surface area contributed by atoms with E-state index in [1.165, 1.54) is 6.08 Å². The Balaban J connectivity index is 2.64. The highest BCUT2D eigenvalue weighted by Crippen LogP contribution is 2.10. The number of hydrogen-bond acceptors (Lipinski definition) is 2. The van der Waals surface area contributed by atoms with Gasteiger partial charge < -0.3 is 5.11 Å². The average Bonchev–Trinajstić information content (AvgIpc) is 2.15. The molecule has 0 unspecified atom stereocenters. The van der Waals surface area contributed by atoms with Crippen molar-refractivity contribution in [2.75, 3.05) is 0 Å². The summed E-state index contributed by atoms with van der Waals surface area (Å²) in [5, 5.41) is 8.98. The van der Waals surface area contributed by atoms with Crippen LogP contribution in [-0.2, 0) is 4.79 Å². The third kappa shape index (κ3) is 3.38. The first-order chi connectivity index (χ1) is 6.33. The molecule has 1 aromatic rings. The molecule has 0 fully saturated rings. The maximum Gasteiger partial charge on any atom is 0.142 e. The number of rotatable bonds is 3. The van der Waals surface area contributed by atoms with Gasteiger partial charge in [0.05, 0.1) is 0 Å². The van der Waals surface area contributed by atoms with Crippen LogP contribution in [0.15, 0.2) is 42.5 Å². The number of aromatic hydroxyl groups is 1. The number of benzene rings is 1. The minimum Gasteiger partial charge on any atom is -0.508 e. The van der Waals surface area contributed by atoms with Crippen molar-refractivity contribution in [2.45, 2.75) is 0 Å². The zero-order valence-electron chi connectivity index (χ0n) is 7.05. The minimum absolute atomic E-state index is 0.251. The van der Waals surface area contributed by atoms with Crippen LogP contribution in [0, 0.1) is 0 Å². The van der Waals surface area contributed by atoms with Crippen LogP contribution in [0.5, 0.6) is 5.75 Å². The monoisotopic (exact) mass is 174 g/mol. The quantitative estimate of drug-likeness (QED) is 0.433. The van der Waals surface area contributed by atoms with E-state index < -0.39 is 0 Å². The van der Waals surface area contributed by atoms with Crippen LogP contribution in [0.2, 0.25) is 0 Å². The lowest BCUT2D eigenvalue weighted by Crippen LogP contribution is -1.69. The van der Waals surface area contributed by atoms with Gasteiger partial charge in [0, 0.05) is 0 Å². The topological polar surface area (TPSA) is 37.3 Å². The molecule has 0 amide bonds. The second kappa shape index (κ2) is 4.93. The van der Waals surface area contributed by atoms with Crippen molar-refractivity contribution < 1.29 is 9.90 Å². The summed E-state index contributed by atoms with van der Waals surface area (Å²) < 4.78 is 0. The fourth-order valence-corrected chi connectivity index (χ4v) is 0.862. The number of carbonyl (C=O) groups excluding carboxylic acids is 1. The lowest BCUT2D eigenvalue weighted by atomic mass is 10.2. The van der Waals surface area contributed by atoms with E-state index in [-0.39, 0.29) is 5.75 Å². The van der Waals surface area contributed by atoms with Gasteiger partial charge in [-0.3, -0.25) is 4.79 Å². The molecule has 0 spiro atoms. The molecule has 0 bridgehead atoms. The first-order valence-corrected chi connectivity index (χ1v) is 3.90. The molecule has 0 heterocycles. The summed E-state index contributed by atoms with van der Waals surface area (Å²) in [5.41, 5.74) is 0.980. The van der Waals surface area contributed by atoms with Gasteiger partial charge in [-0.15, -0.1) is 0 Å². The van der Waals surface area contributed by atoms with Crippen molar-refractivity contribution in [3.8, 4) is 5.75 Å². The summed E-state index contributed by atoms with van der Waals surface area (Å²) in [5.74, 6) is 0.251. The molecule has 0 aromatic heterocycles. The van der Waals surface area contributed by atoms with E-state index in [1.807, 2.05) is 6.08 Å². The molecule has 1 N–H and O–H groups in total. The molecular formula is C11H10O2. The van der Waals surface area contributed by atoms with Crippen LogP contribution in [0.3, 0.4) is 0 Å². The Kier molecular flexibility index (Phi) is 3.51. The van der Waals surface area contributed by atoms with E-state index in [4.69, 9.17) is 5.11 Å². The maximum absolute atomic E-state index is 9.91. The minimum atomic E-state index is 0.251. The second-order valence-electron chi connectivity index (χ2n) is 2.47. The summed E-state index contributed by atoms with van der Waals surface area (Å²) in [6, 6.07) is 6.81. The number of carbonyl (C=O) groups is 1. The normalized spacial score (nSPS) is 11.1. The van der Waals surface area contributed by atoms with Gasteiger partial charge in [0.15, 0.2) is 0 Å². The number of aldehydes is 1. The second-order valence-corrected chi connectivity index (χ2v) is 2.47. The summed E-state index contributed by atoms with van der Waals surface area (Å²) >= 11 is 0. The van der Waals surface area contributed by atoms with Crippen molar-refractivity contribution in [1.29, 1.82) is 0 Å². The molecule has 2 heteroatoms. The van der Waals surface area contributed by atoms with Crippen molar-refractivity contribution >= 4 is 12.4 Å². The van der Waals surface area contributed by atoms with Crippen LogP contribution in [-0.4, -0.2) is 11.4 Å². The summed E-state index contributed by atoms with van der Waals surface area (Å²) in [6.45, 7) is 0. The van der Waals surface area contributed by atoms with Gasteiger partial charge in [-0.25, -0.2) is 0 Å². The molecule has 13 heavy (non-hydrogen) atoms. The fourth-order valence-electron chi connectivity index (χ4n) is 0.862. The Bertz CT molecular complexity index is 320. The van der Waals surface area contributed by atoms with Crippen LogP contribution in [0.25, 0.3) is 6.08 Å². The van der Waals surface area contributed by atoms with Crippen LogP contribution in [0.1, 0.15) is 5.56 Å². The molecule has 0 aliphatic carbocycles. The smallest absolute Gasteiger partial charge is 0.142 e. The Morgan fingerprint density at radius 1 is 1.00 bits per heavy atom. The Morgan fingerprint density at radius 3 is 2.31 bits per heavy atom. The van der Waals surface area contributed by atoms with Gasteiger partial charge in [0.1, 0.15) is 12.0 Å². The van der Waals surface area contributed by atoms with Gasteiger partial charge in [-0.1, -0.05) is 30.4 Å². The predicted octanol–water partition coefficient (Wildman–Crippen LogP) is 2.16. The number of hydrogen-bond donors (Lipinski definition) is 1. The highest BCUT2D eigenvalue weighted by Gasteiger charge is 1.85. The predicted molar refractivity (Wildman–Crippen MR) is 52.3 cm³/mol. The molecule has 0 aliphatic rings. The fraction of sp³-hybridized carbons (Fsp3) is 0. The van der Waals surface area contributed by atoms with Crippen LogP contribution in [0.4, 0.5) is 0 Å². The number of phenolic OH excluding ortho intramolecular Hbond substituents is 1. The molecule has 1 rings (SSSR count). The Morgan fingerprint density at radius 2 is 1.69 bits per heavy atom. The van der Waals surface area contributed by atoms with Crippen molar-refractivity contribution in [2.24, 2.45) is 0 Å². The van der Waals surface area contributed by atoms with E-state index in [0.29, 0.717) is 0 Å². The van der Waals surface area contributed by atoms with Gasteiger partial charge in [0.25, 0.3) is 0 Å². The standard InChI is InChI=1S/C11H10O2/c12-9-3-1-2-4-10-5-7-11(13)8-6-10/h1-9,13H/b3-1+,4-2+. The largest absolute Gasteiger partial charge is 0.508 e. The third-order valence-electron chi connectivity index (χ3n) is 1.48. The molecule has 0 saturated carbocycles. The van der Waals surface area contributed by atoms with Gasteiger partial charge in [0.2, 0.25) is 0 Å². The zero-order chi connectivity index (χ0) is 9.52. The van der Waals surface area contributed by atoms with Crippen LogP contribution >= 0.6 is 0 Å². The number of allylic oxidation sites excluding steroid dienone is 3. The Hall–Kier alpha value is -1.83. The Labute approximate surface area is 76.8 Å². The maximum atomic E-state index is 9.91. The van der Waals surface area contributed by atoms with E-state index in [1.54, 1.807) is 36.4 Å². The zero-order valence-corrected chi connectivity index (χ0v) is 7.05. The van der Waals surface area contributed by atoms with E-state index in [9.17, 15) is 4.79 Å². The molecule has 0 radical (unpaired) electrons. The van der Waals surface area contributed by atoms with Crippen molar-refractivity contribution in [3.63, 3.8) is 0 Å². The molecule has 0 aliphatic heterocycles. The first kappa shape index (κ1) is 9.26. The molecule has 66 valence electrons. The first-order valence-electron chi connectivity index (χ1n) is 3.90. The SMILES string of the molecule is O=C/C=C/C=C/c1ccc(O)cc1. The number of phenols is 1. The summed E-state index contributed by atoms with van der Waals surface area (Å²) in [7, 11) is 0. The molecule has 2 nitrogen and oxygen atoms in total. The highest BCUT2D eigenvalue weighted by atomic mass is 16.3. The molecular weight excluding hydrogens is 164 g/mol. The summed E-state index contributed by atoms with van der Waals surface area (Å²) in [6.07, 6.45) is 7.40. The van der Waals surface area contributed by atoms with Crippen molar-refractivity contribution in [3.05, 3.63) is 48.1 Å². The molecule has 1 aromatic carbocycles. The van der Waals surface area contributed by atoms with E-state index >= 15 is 0 Å². The molecule has 0 atom stereocenters. The summed E-state index contributed by atoms with van der Waals surface area (Å²) in [4.78, 5) is 9.91. The van der Waals surface area contributed by atoms with E-state index in [2.05, 4.69) is 0 Å². The van der Waals surface area contributed by atoms with Gasteiger partial charge in [-0.2, -0.15) is 0 Å². The lowest BCUT2D eigenvalue weighted by molar-refractivity contribution is -0.104. The van der Waals surface area contributed by atoms with Crippen molar-refractivity contribution in [1.82, 2.24) is 0 Å². The van der Waals surface area contributed by atoms with Gasteiger partial charge in [-0.05, 0) is 23.8 Å². The third-order valence-corrected chi connectivity index (χ3v) is 1.48. The van der Waals surface area contributed by atoms with Gasteiger partial charge >= 0.3 is 0 Å².